The first-order chi connectivity index (χ1) is 15.0. The summed E-state index contributed by atoms with van der Waals surface area (Å²) >= 11 is 0. The molecule has 1 N–H and O–H groups in total. The van der Waals surface area contributed by atoms with E-state index in [1.807, 2.05) is 42.5 Å². The molecule has 0 radical (unpaired) electrons. The van der Waals surface area contributed by atoms with E-state index in [0.29, 0.717) is 12.8 Å². The zero-order chi connectivity index (χ0) is 21.8. The summed E-state index contributed by atoms with van der Waals surface area (Å²) in [5, 5.41) is 9.41. The number of nitrogens with zero attached hydrogens (tertiary/aromatic N) is 1. The van der Waals surface area contributed by atoms with Crippen molar-refractivity contribution in [3.05, 3.63) is 95.1 Å². The van der Waals surface area contributed by atoms with E-state index in [1.165, 1.54) is 16.7 Å². The van der Waals surface area contributed by atoms with Crippen LogP contribution in [-0.4, -0.2) is 29.1 Å². The van der Waals surface area contributed by atoms with Crippen LogP contribution in [0, 0.1) is 19.8 Å². The topological polar surface area (TPSA) is 49.8 Å². The maximum atomic E-state index is 11.4. The van der Waals surface area contributed by atoms with Gasteiger partial charge in [0.15, 0.2) is 0 Å². The third kappa shape index (κ3) is 5.15. The SMILES string of the molecule is Cc1cc(C)cc(C(c2cccc(Oc3ccccc3)c2)N2CCC(C(=O)O)CC2)c1. The molecule has 0 saturated carbocycles. The van der Waals surface area contributed by atoms with E-state index in [4.69, 9.17) is 4.74 Å². The molecule has 0 aromatic heterocycles. The smallest absolute Gasteiger partial charge is 0.306 e. The Morgan fingerprint density at radius 1 is 0.871 bits per heavy atom. The Kier molecular flexibility index (Phi) is 6.38. The van der Waals surface area contributed by atoms with E-state index in [2.05, 4.69) is 49.1 Å². The number of aliphatic carboxylic acids is 1. The third-order valence-corrected chi connectivity index (χ3v) is 5.96. The van der Waals surface area contributed by atoms with Crippen LogP contribution >= 0.6 is 0 Å². The van der Waals surface area contributed by atoms with Crippen molar-refractivity contribution in [2.75, 3.05) is 13.1 Å². The Labute approximate surface area is 184 Å². The summed E-state index contributed by atoms with van der Waals surface area (Å²) in [4.78, 5) is 13.9. The highest BCUT2D eigenvalue weighted by atomic mass is 16.5. The second-order valence-electron chi connectivity index (χ2n) is 8.46. The molecule has 3 aromatic rings. The number of piperidine rings is 1. The lowest BCUT2D eigenvalue weighted by Crippen LogP contribution is -2.39. The van der Waals surface area contributed by atoms with Gasteiger partial charge in [-0.3, -0.25) is 9.69 Å². The quantitative estimate of drug-likeness (QED) is 0.538. The van der Waals surface area contributed by atoms with Gasteiger partial charge in [0.1, 0.15) is 11.5 Å². The highest BCUT2D eigenvalue weighted by Crippen LogP contribution is 2.35. The molecule has 0 spiro atoms. The molecule has 1 aliphatic rings. The van der Waals surface area contributed by atoms with Gasteiger partial charge in [-0.05, 0) is 75.2 Å². The molecule has 1 saturated heterocycles. The fraction of sp³-hybridized carbons (Fsp3) is 0.296. The third-order valence-electron chi connectivity index (χ3n) is 5.96. The number of ether oxygens (including phenoxy) is 1. The zero-order valence-electron chi connectivity index (χ0n) is 18.1. The Balaban J connectivity index is 1.67. The molecule has 0 amide bonds. The summed E-state index contributed by atoms with van der Waals surface area (Å²) in [5.41, 5.74) is 4.87. The van der Waals surface area contributed by atoms with Gasteiger partial charge in [-0.25, -0.2) is 0 Å². The Morgan fingerprint density at radius 3 is 2.16 bits per heavy atom. The van der Waals surface area contributed by atoms with Gasteiger partial charge >= 0.3 is 5.97 Å². The number of aryl methyl sites for hydroxylation is 2. The second kappa shape index (κ2) is 9.36. The van der Waals surface area contributed by atoms with E-state index in [0.717, 1.165) is 30.2 Å². The molecule has 4 heteroatoms. The van der Waals surface area contributed by atoms with Crippen molar-refractivity contribution in [1.82, 2.24) is 4.90 Å². The Bertz CT molecular complexity index is 1020. The largest absolute Gasteiger partial charge is 0.481 e. The van der Waals surface area contributed by atoms with Crippen molar-refractivity contribution in [3.63, 3.8) is 0 Å². The van der Waals surface area contributed by atoms with Crippen LogP contribution < -0.4 is 4.74 Å². The molecule has 1 aliphatic heterocycles. The minimum atomic E-state index is -0.680. The van der Waals surface area contributed by atoms with Crippen LogP contribution in [0.3, 0.4) is 0 Å². The molecule has 4 rings (SSSR count). The first-order valence-electron chi connectivity index (χ1n) is 10.9. The van der Waals surface area contributed by atoms with E-state index >= 15 is 0 Å². The maximum Gasteiger partial charge on any atom is 0.306 e. The zero-order valence-corrected chi connectivity index (χ0v) is 18.1. The van der Waals surface area contributed by atoms with E-state index in [-0.39, 0.29) is 12.0 Å². The summed E-state index contributed by atoms with van der Waals surface area (Å²) in [6.45, 7) is 5.77. The van der Waals surface area contributed by atoms with Gasteiger partial charge in [-0.15, -0.1) is 0 Å². The summed E-state index contributed by atoms with van der Waals surface area (Å²) in [6.07, 6.45) is 1.35. The minimum absolute atomic E-state index is 0.0627. The molecule has 1 heterocycles. The lowest BCUT2D eigenvalue weighted by molar-refractivity contribution is -0.143. The van der Waals surface area contributed by atoms with Crippen LogP contribution in [0.5, 0.6) is 11.5 Å². The Morgan fingerprint density at radius 2 is 1.52 bits per heavy atom. The number of carboxylic acids is 1. The number of hydrogen-bond acceptors (Lipinski definition) is 3. The fourth-order valence-corrected chi connectivity index (χ4v) is 4.56. The summed E-state index contributed by atoms with van der Waals surface area (Å²) in [6, 6.07) is 24.8. The molecule has 31 heavy (non-hydrogen) atoms. The lowest BCUT2D eigenvalue weighted by Gasteiger charge is -2.37. The summed E-state index contributed by atoms with van der Waals surface area (Å²) in [5.74, 6) is 0.688. The number of carbonyl (C=O) groups is 1. The molecule has 1 unspecified atom stereocenters. The lowest BCUT2D eigenvalue weighted by atomic mass is 9.90. The standard InChI is InChI=1S/C27H29NO3/c1-19-15-20(2)17-23(16-19)26(28-13-11-21(12-14-28)27(29)30)22-7-6-10-25(18-22)31-24-8-4-3-5-9-24/h3-10,15-18,21,26H,11-14H2,1-2H3,(H,29,30). The molecular weight excluding hydrogens is 386 g/mol. The van der Waals surface area contributed by atoms with Gasteiger partial charge < -0.3 is 9.84 Å². The van der Waals surface area contributed by atoms with Crippen LogP contribution in [0.2, 0.25) is 0 Å². The number of likely N-dealkylation sites (tertiary alicyclic amines) is 1. The first kappa shape index (κ1) is 21.1. The minimum Gasteiger partial charge on any atom is -0.481 e. The van der Waals surface area contributed by atoms with Gasteiger partial charge in [0.05, 0.1) is 12.0 Å². The first-order valence-corrected chi connectivity index (χ1v) is 10.9. The Hall–Kier alpha value is -3.11. The highest BCUT2D eigenvalue weighted by Gasteiger charge is 2.30. The van der Waals surface area contributed by atoms with Gasteiger partial charge in [0.25, 0.3) is 0 Å². The average molecular weight is 416 g/mol. The highest BCUT2D eigenvalue weighted by molar-refractivity contribution is 5.70. The van der Waals surface area contributed by atoms with Crippen LogP contribution in [0.25, 0.3) is 0 Å². The van der Waals surface area contributed by atoms with Gasteiger partial charge in [-0.2, -0.15) is 0 Å². The van der Waals surface area contributed by atoms with Crippen LogP contribution in [0.15, 0.2) is 72.8 Å². The van der Waals surface area contributed by atoms with Crippen molar-refractivity contribution in [2.45, 2.75) is 32.7 Å². The van der Waals surface area contributed by atoms with E-state index in [1.54, 1.807) is 0 Å². The molecule has 4 nitrogen and oxygen atoms in total. The van der Waals surface area contributed by atoms with E-state index < -0.39 is 5.97 Å². The molecule has 0 bridgehead atoms. The van der Waals surface area contributed by atoms with Crippen molar-refractivity contribution < 1.29 is 14.6 Å². The number of carboxylic acid groups (broad SMARTS) is 1. The second-order valence-corrected chi connectivity index (χ2v) is 8.46. The normalized spacial score (nSPS) is 16.1. The van der Waals surface area contributed by atoms with Crippen LogP contribution in [0.4, 0.5) is 0 Å². The average Bonchev–Trinajstić information content (AvgIpc) is 2.75. The number of para-hydroxylation sites is 1. The summed E-state index contributed by atoms with van der Waals surface area (Å²) < 4.78 is 6.09. The fourth-order valence-electron chi connectivity index (χ4n) is 4.56. The van der Waals surface area contributed by atoms with Crippen molar-refractivity contribution in [1.29, 1.82) is 0 Å². The predicted molar refractivity (Wildman–Crippen MR) is 123 cm³/mol. The number of rotatable bonds is 6. The molecular formula is C27H29NO3. The molecule has 1 fully saturated rings. The number of benzene rings is 3. The molecule has 1 atom stereocenters. The van der Waals surface area contributed by atoms with Crippen molar-refractivity contribution >= 4 is 5.97 Å². The van der Waals surface area contributed by atoms with Crippen LogP contribution in [-0.2, 0) is 4.79 Å². The molecule has 0 aliphatic carbocycles. The van der Waals surface area contributed by atoms with Crippen LogP contribution in [0.1, 0.15) is 41.1 Å². The van der Waals surface area contributed by atoms with E-state index in [9.17, 15) is 9.90 Å². The van der Waals surface area contributed by atoms with Gasteiger partial charge in [0.2, 0.25) is 0 Å². The molecule has 3 aromatic carbocycles. The maximum absolute atomic E-state index is 11.4. The number of hydrogen-bond donors (Lipinski definition) is 1. The van der Waals surface area contributed by atoms with Crippen molar-refractivity contribution in [2.24, 2.45) is 5.92 Å². The monoisotopic (exact) mass is 415 g/mol. The summed E-state index contributed by atoms with van der Waals surface area (Å²) in [7, 11) is 0. The van der Waals surface area contributed by atoms with Crippen molar-refractivity contribution in [3.8, 4) is 11.5 Å². The predicted octanol–water partition coefficient (Wildman–Crippen LogP) is 5.98. The molecule has 160 valence electrons. The van der Waals surface area contributed by atoms with Gasteiger partial charge in [0, 0.05) is 0 Å². The van der Waals surface area contributed by atoms with Gasteiger partial charge in [-0.1, -0.05) is 59.7 Å².